The molecule has 0 fully saturated rings. The van der Waals surface area contributed by atoms with Gasteiger partial charge in [0.15, 0.2) is 0 Å². The van der Waals surface area contributed by atoms with Gasteiger partial charge in [0.05, 0.1) is 24.9 Å². The second-order valence-corrected chi connectivity index (χ2v) is 7.75. The summed E-state index contributed by atoms with van der Waals surface area (Å²) in [7, 11) is 0. The minimum absolute atomic E-state index is 0.0101. The lowest BCUT2D eigenvalue weighted by Gasteiger charge is -2.21. The summed E-state index contributed by atoms with van der Waals surface area (Å²) >= 11 is 0. The first-order chi connectivity index (χ1) is 14.9. The van der Waals surface area contributed by atoms with Gasteiger partial charge < -0.3 is 21.1 Å². The van der Waals surface area contributed by atoms with E-state index in [0.29, 0.717) is 29.3 Å². The van der Waals surface area contributed by atoms with Crippen LogP contribution in [0, 0.1) is 11.7 Å². The van der Waals surface area contributed by atoms with Gasteiger partial charge in [-0.2, -0.15) is 9.97 Å². The Bertz CT molecular complexity index is 954. The fraction of sp³-hybridized carbons (Fsp3) is 0.364. The standard InChI is InChI=1S/C22H28FN7O/c1-14(2)10-18(13-31)27-19-11-20(28-21-12-24-8-9-25-21)30-22(29-19)26-15(3)16-4-6-17(23)7-5-16/h4-9,11-12,14-15,18,31H,10,13H2,1-3H3,(H3,25,26,27,28,29,30)/t15-,18+/m0/s1. The van der Waals surface area contributed by atoms with Gasteiger partial charge in [0.1, 0.15) is 23.3 Å². The van der Waals surface area contributed by atoms with E-state index in [0.717, 1.165) is 12.0 Å². The highest BCUT2D eigenvalue weighted by atomic mass is 19.1. The zero-order valence-electron chi connectivity index (χ0n) is 17.9. The summed E-state index contributed by atoms with van der Waals surface area (Å²) < 4.78 is 13.2. The number of hydrogen-bond acceptors (Lipinski definition) is 8. The highest BCUT2D eigenvalue weighted by Crippen LogP contribution is 2.23. The molecule has 0 aliphatic carbocycles. The zero-order chi connectivity index (χ0) is 22.2. The van der Waals surface area contributed by atoms with Crippen LogP contribution < -0.4 is 16.0 Å². The average Bonchev–Trinajstić information content (AvgIpc) is 2.74. The number of benzene rings is 1. The van der Waals surface area contributed by atoms with E-state index in [9.17, 15) is 9.50 Å². The number of nitrogens with zero attached hydrogens (tertiary/aromatic N) is 4. The fourth-order valence-electron chi connectivity index (χ4n) is 3.13. The molecule has 31 heavy (non-hydrogen) atoms. The van der Waals surface area contributed by atoms with Crippen LogP contribution >= 0.6 is 0 Å². The molecule has 0 radical (unpaired) electrons. The number of hydrogen-bond donors (Lipinski definition) is 4. The first-order valence-corrected chi connectivity index (χ1v) is 10.2. The van der Waals surface area contributed by atoms with E-state index in [4.69, 9.17) is 0 Å². The van der Waals surface area contributed by atoms with Crippen molar-refractivity contribution < 1.29 is 9.50 Å². The molecule has 0 saturated carbocycles. The zero-order valence-corrected chi connectivity index (χ0v) is 17.9. The molecule has 2 atom stereocenters. The summed E-state index contributed by atoms with van der Waals surface area (Å²) in [6.07, 6.45) is 5.57. The highest BCUT2D eigenvalue weighted by molar-refractivity contribution is 5.58. The smallest absolute Gasteiger partial charge is 0.227 e. The molecule has 0 aliphatic rings. The number of halogens is 1. The lowest BCUT2D eigenvalue weighted by molar-refractivity contribution is 0.259. The lowest BCUT2D eigenvalue weighted by Crippen LogP contribution is -2.26. The van der Waals surface area contributed by atoms with Crippen LogP contribution in [-0.2, 0) is 0 Å². The van der Waals surface area contributed by atoms with E-state index < -0.39 is 0 Å². The maximum absolute atomic E-state index is 13.2. The molecule has 4 N–H and O–H groups in total. The average molecular weight is 426 g/mol. The van der Waals surface area contributed by atoms with Crippen LogP contribution in [0.15, 0.2) is 48.9 Å². The predicted octanol–water partition coefficient (Wildman–Crippen LogP) is 4.14. The third kappa shape index (κ3) is 6.85. The van der Waals surface area contributed by atoms with Crippen LogP contribution in [0.1, 0.15) is 38.8 Å². The highest BCUT2D eigenvalue weighted by Gasteiger charge is 2.14. The Morgan fingerprint density at radius 2 is 1.71 bits per heavy atom. The Labute approximate surface area is 181 Å². The van der Waals surface area contributed by atoms with Crippen LogP contribution in [0.4, 0.5) is 27.8 Å². The van der Waals surface area contributed by atoms with E-state index in [-0.39, 0.29) is 24.5 Å². The largest absolute Gasteiger partial charge is 0.394 e. The third-order valence-corrected chi connectivity index (χ3v) is 4.59. The molecular weight excluding hydrogens is 397 g/mol. The molecule has 0 unspecified atom stereocenters. The number of aliphatic hydroxyl groups excluding tert-OH is 1. The van der Waals surface area contributed by atoms with Crippen molar-refractivity contribution in [1.29, 1.82) is 0 Å². The maximum atomic E-state index is 13.2. The quantitative estimate of drug-likeness (QED) is 0.384. The molecule has 0 spiro atoms. The molecule has 2 aromatic heterocycles. The molecule has 1 aromatic carbocycles. The Morgan fingerprint density at radius 3 is 2.35 bits per heavy atom. The van der Waals surface area contributed by atoms with Crippen LogP contribution in [-0.4, -0.2) is 37.7 Å². The van der Waals surface area contributed by atoms with Crippen LogP contribution in [0.5, 0.6) is 0 Å². The van der Waals surface area contributed by atoms with E-state index in [1.807, 2.05) is 6.92 Å². The number of aromatic nitrogens is 4. The summed E-state index contributed by atoms with van der Waals surface area (Å²) in [5.41, 5.74) is 0.903. The van der Waals surface area contributed by atoms with Gasteiger partial charge in [0.25, 0.3) is 0 Å². The number of nitrogens with one attached hydrogen (secondary N) is 3. The van der Waals surface area contributed by atoms with Gasteiger partial charge in [-0.15, -0.1) is 0 Å². The summed E-state index contributed by atoms with van der Waals surface area (Å²) in [6, 6.07) is 7.75. The molecule has 2 heterocycles. The van der Waals surface area contributed by atoms with Crippen LogP contribution in [0.3, 0.4) is 0 Å². The molecule has 0 bridgehead atoms. The summed E-state index contributed by atoms with van der Waals surface area (Å²) in [4.78, 5) is 17.4. The lowest BCUT2D eigenvalue weighted by atomic mass is 10.0. The Balaban J connectivity index is 1.85. The van der Waals surface area contributed by atoms with Crippen molar-refractivity contribution in [2.24, 2.45) is 5.92 Å². The van der Waals surface area contributed by atoms with Gasteiger partial charge in [-0.1, -0.05) is 26.0 Å². The topological polar surface area (TPSA) is 108 Å². The van der Waals surface area contributed by atoms with Crippen LogP contribution in [0.2, 0.25) is 0 Å². The van der Waals surface area contributed by atoms with Crippen molar-refractivity contribution in [3.63, 3.8) is 0 Å². The van der Waals surface area contributed by atoms with E-state index >= 15 is 0 Å². The molecule has 0 amide bonds. The van der Waals surface area contributed by atoms with Gasteiger partial charge in [-0.25, -0.2) is 9.37 Å². The van der Waals surface area contributed by atoms with Crippen molar-refractivity contribution in [2.75, 3.05) is 22.6 Å². The van der Waals surface area contributed by atoms with Gasteiger partial charge in [-0.3, -0.25) is 4.98 Å². The SMILES string of the molecule is CC(C)C[C@H](CO)Nc1cc(Nc2cnccn2)nc(N[C@@H](C)c2ccc(F)cc2)n1. The molecular formula is C22H28FN7O. The molecule has 164 valence electrons. The number of aliphatic hydroxyl groups is 1. The monoisotopic (exact) mass is 425 g/mol. The normalized spacial score (nSPS) is 13.0. The van der Waals surface area contributed by atoms with Crippen molar-refractivity contribution in [1.82, 2.24) is 19.9 Å². The summed E-state index contributed by atoms with van der Waals surface area (Å²) in [5, 5.41) is 19.4. The summed E-state index contributed by atoms with van der Waals surface area (Å²) in [6.45, 7) is 6.14. The van der Waals surface area contributed by atoms with E-state index in [2.05, 4.69) is 49.7 Å². The van der Waals surface area contributed by atoms with E-state index in [1.165, 1.54) is 12.1 Å². The van der Waals surface area contributed by atoms with Crippen molar-refractivity contribution in [3.8, 4) is 0 Å². The summed E-state index contributed by atoms with van der Waals surface area (Å²) in [5.74, 6) is 2.15. The van der Waals surface area contributed by atoms with Crippen molar-refractivity contribution in [2.45, 2.75) is 39.3 Å². The van der Waals surface area contributed by atoms with Crippen LogP contribution in [0.25, 0.3) is 0 Å². The Hall–Kier alpha value is -3.33. The van der Waals surface area contributed by atoms with Gasteiger partial charge in [0, 0.05) is 18.5 Å². The molecule has 0 aliphatic heterocycles. The number of rotatable bonds is 10. The first-order valence-electron chi connectivity index (χ1n) is 10.2. The Morgan fingerprint density at radius 1 is 0.968 bits per heavy atom. The second kappa shape index (κ2) is 10.6. The van der Waals surface area contributed by atoms with Gasteiger partial charge in [0.2, 0.25) is 5.95 Å². The third-order valence-electron chi connectivity index (χ3n) is 4.59. The maximum Gasteiger partial charge on any atom is 0.227 e. The molecule has 3 aromatic rings. The van der Waals surface area contributed by atoms with Crippen molar-refractivity contribution in [3.05, 3.63) is 60.3 Å². The predicted molar refractivity (Wildman–Crippen MR) is 120 cm³/mol. The minimum Gasteiger partial charge on any atom is -0.394 e. The second-order valence-electron chi connectivity index (χ2n) is 7.75. The van der Waals surface area contributed by atoms with Gasteiger partial charge >= 0.3 is 0 Å². The molecule has 8 nitrogen and oxygen atoms in total. The van der Waals surface area contributed by atoms with E-state index in [1.54, 1.807) is 36.8 Å². The molecule has 3 rings (SSSR count). The number of anilines is 4. The molecule has 9 heteroatoms. The minimum atomic E-state index is -0.283. The fourth-order valence-corrected chi connectivity index (χ4v) is 3.13. The Kier molecular flexibility index (Phi) is 7.66. The first kappa shape index (κ1) is 22.4. The van der Waals surface area contributed by atoms with Crippen molar-refractivity contribution >= 4 is 23.4 Å². The van der Waals surface area contributed by atoms with Gasteiger partial charge in [-0.05, 0) is 37.0 Å². The molecule has 0 saturated heterocycles.